The number of likely N-dealkylation sites (N-methyl/N-ethyl adjacent to an activating group) is 1. The molecule has 47 heavy (non-hydrogen) atoms. The molecule has 1 aliphatic heterocycles. The van der Waals surface area contributed by atoms with Crippen LogP contribution in [0.25, 0.3) is 0 Å². The van der Waals surface area contributed by atoms with Crippen LogP contribution in [0, 0.1) is 5.92 Å². The van der Waals surface area contributed by atoms with Gasteiger partial charge >= 0.3 is 12.1 Å². The van der Waals surface area contributed by atoms with E-state index in [9.17, 15) is 33.6 Å². The van der Waals surface area contributed by atoms with Gasteiger partial charge in [-0.1, -0.05) is 61.9 Å². The molecule has 1 heterocycles. The number of carbonyl (C=O) groups is 7. The van der Waals surface area contributed by atoms with Crippen LogP contribution >= 0.6 is 0 Å². The van der Waals surface area contributed by atoms with E-state index in [1.165, 1.54) is 23.9 Å². The Morgan fingerprint density at radius 3 is 2.19 bits per heavy atom. The molecular weight excluding hydrogens is 610 g/mol. The third kappa shape index (κ3) is 11.4. The van der Waals surface area contributed by atoms with Gasteiger partial charge in [-0.25, -0.2) is 9.59 Å². The standard InChI is InChI=1S/C32H41N7O8/c1-4-11-24(28(42)30(44)34-16-26(40)33-17-27(41)38(2)3)36-29(43)23-18-39(32(46)47-20-21-12-7-5-8-13-21)19-25(23)37-31(45)35-22-14-9-6-10-15-22/h5-10,12-15,23-25H,4,11,16-20H2,1-3H3,(H,33,40)(H,34,44)(H,36,43)(H2,35,37,45)/t23-,24+,25+/m1/s1. The van der Waals surface area contributed by atoms with E-state index in [1.54, 1.807) is 49.4 Å². The lowest BCUT2D eigenvalue weighted by Crippen LogP contribution is -2.53. The first-order valence-corrected chi connectivity index (χ1v) is 15.2. The molecule has 0 saturated carbocycles. The average molecular weight is 652 g/mol. The van der Waals surface area contributed by atoms with Crippen molar-refractivity contribution in [3.05, 3.63) is 66.2 Å². The summed E-state index contributed by atoms with van der Waals surface area (Å²) in [5, 5.41) is 12.6. The molecule has 1 aliphatic rings. The summed E-state index contributed by atoms with van der Waals surface area (Å²) in [5.74, 6) is -4.74. The Bertz CT molecular complexity index is 1420. The fraction of sp³-hybridized carbons (Fsp3) is 0.406. The van der Waals surface area contributed by atoms with E-state index in [2.05, 4.69) is 26.6 Å². The Kier molecular flexibility index (Phi) is 13.7. The maximum Gasteiger partial charge on any atom is 0.410 e. The predicted octanol–water partition coefficient (Wildman–Crippen LogP) is 0.620. The first kappa shape index (κ1) is 36.0. The minimum atomic E-state index is -1.23. The summed E-state index contributed by atoms with van der Waals surface area (Å²) in [5.41, 5.74) is 1.28. The molecule has 3 rings (SSSR count). The van der Waals surface area contributed by atoms with Crippen LogP contribution in [0.2, 0.25) is 0 Å². The van der Waals surface area contributed by atoms with Gasteiger partial charge in [-0.15, -0.1) is 0 Å². The van der Waals surface area contributed by atoms with Crippen LogP contribution in [0.1, 0.15) is 25.3 Å². The van der Waals surface area contributed by atoms with Crippen molar-refractivity contribution < 1.29 is 38.3 Å². The zero-order valence-electron chi connectivity index (χ0n) is 26.6. The summed E-state index contributed by atoms with van der Waals surface area (Å²) >= 11 is 0. The van der Waals surface area contributed by atoms with Crippen molar-refractivity contribution in [3.63, 3.8) is 0 Å². The number of ketones is 1. The number of para-hydroxylation sites is 1. The Labute approximate surface area is 272 Å². The largest absolute Gasteiger partial charge is 0.445 e. The highest BCUT2D eigenvalue weighted by Gasteiger charge is 2.42. The van der Waals surface area contributed by atoms with Crippen molar-refractivity contribution in [2.45, 2.75) is 38.5 Å². The predicted molar refractivity (Wildman–Crippen MR) is 171 cm³/mol. The zero-order valence-corrected chi connectivity index (χ0v) is 26.6. The maximum absolute atomic E-state index is 13.6. The van der Waals surface area contributed by atoms with Gasteiger partial charge in [-0.05, 0) is 24.1 Å². The second kappa shape index (κ2) is 17.9. The van der Waals surface area contributed by atoms with Crippen LogP contribution < -0.4 is 26.6 Å². The van der Waals surface area contributed by atoms with Crippen molar-refractivity contribution in [2.24, 2.45) is 5.92 Å². The molecule has 2 aromatic carbocycles. The lowest BCUT2D eigenvalue weighted by molar-refractivity contribution is -0.141. The monoisotopic (exact) mass is 651 g/mol. The van der Waals surface area contributed by atoms with Gasteiger partial charge in [0.15, 0.2) is 0 Å². The summed E-state index contributed by atoms with van der Waals surface area (Å²) in [6, 6.07) is 15.0. The molecule has 252 valence electrons. The first-order chi connectivity index (χ1) is 22.5. The number of hydrogen-bond acceptors (Lipinski definition) is 8. The van der Waals surface area contributed by atoms with E-state index >= 15 is 0 Å². The highest BCUT2D eigenvalue weighted by Crippen LogP contribution is 2.20. The topological polar surface area (TPSA) is 195 Å². The van der Waals surface area contributed by atoms with Gasteiger partial charge in [0.1, 0.15) is 6.61 Å². The SMILES string of the molecule is CCC[C@H](NC(=O)[C@@H]1CN(C(=O)OCc2ccccc2)C[C@@H]1NC(=O)Nc1ccccc1)C(=O)C(=O)NCC(=O)NCC(=O)N(C)C. The summed E-state index contributed by atoms with van der Waals surface area (Å²) in [4.78, 5) is 91.3. The second-order valence-electron chi connectivity index (χ2n) is 11.1. The molecule has 0 radical (unpaired) electrons. The maximum atomic E-state index is 13.6. The summed E-state index contributed by atoms with van der Waals surface area (Å²) in [6.45, 7) is 0.765. The number of amides is 7. The molecule has 15 nitrogen and oxygen atoms in total. The van der Waals surface area contributed by atoms with Crippen LogP contribution in [0.5, 0.6) is 0 Å². The number of hydrogen-bond donors (Lipinski definition) is 5. The van der Waals surface area contributed by atoms with Crippen molar-refractivity contribution >= 4 is 47.2 Å². The molecule has 0 aliphatic carbocycles. The Morgan fingerprint density at radius 2 is 1.55 bits per heavy atom. The van der Waals surface area contributed by atoms with Crippen molar-refractivity contribution in [1.29, 1.82) is 0 Å². The number of urea groups is 1. The Hall–Kier alpha value is -5.47. The van der Waals surface area contributed by atoms with E-state index in [4.69, 9.17) is 4.74 Å². The fourth-order valence-electron chi connectivity index (χ4n) is 4.67. The Balaban J connectivity index is 1.66. The molecular formula is C32H41N7O8. The highest BCUT2D eigenvalue weighted by molar-refractivity contribution is 6.38. The molecule has 2 aromatic rings. The van der Waals surface area contributed by atoms with Crippen LogP contribution in [-0.2, 0) is 35.3 Å². The molecule has 7 amide bonds. The number of carbonyl (C=O) groups excluding carboxylic acids is 7. The number of benzene rings is 2. The summed E-state index contributed by atoms with van der Waals surface area (Å²) in [7, 11) is 3.05. The molecule has 1 saturated heterocycles. The van der Waals surface area contributed by atoms with Gasteiger partial charge < -0.3 is 41.1 Å². The molecule has 5 N–H and O–H groups in total. The van der Waals surface area contributed by atoms with Crippen LogP contribution in [-0.4, -0.2) is 104 Å². The van der Waals surface area contributed by atoms with Crippen molar-refractivity contribution in [1.82, 2.24) is 31.1 Å². The van der Waals surface area contributed by atoms with Gasteiger partial charge in [0.25, 0.3) is 5.91 Å². The Morgan fingerprint density at radius 1 is 0.894 bits per heavy atom. The lowest BCUT2D eigenvalue weighted by atomic mass is 10.00. The van der Waals surface area contributed by atoms with E-state index < -0.39 is 60.2 Å². The second-order valence-corrected chi connectivity index (χ2v) is 11.1. The number of anilines is 1. The van der Waals surface area contributed by atoms with Crippen molar-refractivity contribution in [2.75, 3.05) is 45.6 Å². The first-order valence-electron chi connectivity index (χ1n) is 15.2. The minimum absolute atomic E-state index is 0.00575. The molecule has 0 spiro atoms. The summed E-state index contributed by atoms with van der Waals surface area (Å²) < 4.78 is 5.43. The molecule has 0 aromatic heterocycles. The van der Waals surface area contributed by atoms with Gasteiger partial charge in [0, 0.05) is 32.9 Å². The normalized spacial score (nSPS) is 15.9. The number of Topliss-reactive ketones (excluding diaryl/α,β-unsaturated/α-hetero) is 1. The van der Waals surface area contributed by atoms with E-state index in [0.29, 0.717) is 12.1 Å². The van der Waals surface area contributed by atoms with E-state index in [-0.39, 0.29) is 38.6 Å². The number of likely N-dealkylation sites (tertiary alicyclic amines) is 1. The van der Waals surface area contributed by atoms with E-state index in [1.807, 2.05) is 18.2 Å². The number of ether oxygens (including phenoxy) is 1. The van der Waals surface area contributed by atoms with Gasteiger partial charge in [-0.3, -0.25) is 24.0 Å². The lowest BCUT2D eigenvalue weighted by Gasteiger charge is -2.22. The van der Waals surface area contributed by atoms with Crippen LogP contribution in [0.4, 0.5) is 15.3 Å². The van der Waals surface area contributed by atoms with Crippen LogP contribution in [0.3, 0.4) is 0 Å². The number of rotatable bonds is 14. The zero-order chi connectivity index (χ0) is 34.3. The molecule has 3 atom stereocenters. The molecule has 15 heteroatoms. The van der Waals surface area contributed by atoms with Gasteiger partial charge in [-0.2, -0.15) is 0 Å². The molecule has 1 fully saturated rings. The quantitative estimate of drug-likeness (QED) is 0.183. The fourth-order valence-corrected chi connectivity index (χ4v) is 4.67. The smallest absolute Gasteiger partial charge is 0.410 e. The highest BCUT2D eigenvalue weighted by atomic mass is 16.6. The minimum Gasteiger partial charge on any atom is -0.445 e. The third-order valence-electron chi connectivity index (χ3n) is 7.25. The van der Waals surface area contributed by atoms with Gasteiger partial charge in [0.05, 0.1) is 31.1 Å². The third-order valence-corrected chi connectivity index (χ3v) is 7.25. The van der Waals surface area contributed by atoms with E-state index in [0.717, 1.165) is 5.56 Å². The van der Waals surface area contributed by atoms with Crippen molar-refractivity contribution in [3.8, 4) is 0 Å². The summed E-state index contributed by atoms with van der Waals surface area (Å²) in [6.07, 6.45) is -0.143. The van der Waals surface area contributed by atoms with Crippen LogP contribution in [0.15, 0.2) is 60.7 Å². The van der Waals surface area contributed by atoms with Gasteiger partial charge in [0.2, 0.25) is 23.5 Å². The average Bonchev–Trinajstić information content (AvgIpc) is 3.48. The molecule has 0 unspecified atom stereocenters. The molecule has 0 bridgehead atoms. The number of nitrogens with zero attached hydrogens (tertiary/aromatic N) is 2. The number of nitrogens with one attached hydrogen (secondary N) is 5.